The Balaban J connectivity index is 1.27. The van der Waals surface area contributed by atoms with Gasteiger partial charge in [0, 0.05) is 50.9 Å². The Morgan fingerprint density at radius 1 is 1.00 bits per heavy atom. The van der Waals surface area contributed by atoms with Gasteiger partial charge in [0.2, 0.25) is 0 Å². The van der Waals surface area contributed by atoms with Crippen molar-refractivity contribution in [2.24, 2.45) is 5.92 Å². The van der Waals surface area contributed by atoms with Gasteiger partial charge in [-0.15, -0.1) is 0 Å². The molecule has 1 N–H and O–H groups in total. The highest BCUT2D eigenvalue weighted by atomic mass is 16.3. The van der Waals surface area contributed by atoms with Crippen molar-refractivity contribution in [3.8, 4) is 11.8 Å². The minimum absolute atomic E-state index is 0.809. The van der Waals surface area contributed by atoms with E-state index in [1.165, 1.54) is 64.2 Å². The van der Waals surface area contributed by atoms with E-state index in [4.69, 9.17) is 0 Å². The van der Waals surface area contributed by atoms with Crippen LogP contribution in [0.3, 0.4) is 0 Å². The van der Waals surface area contributed by atoms with Crippen molar-refractivity contribution in [1.29, 1.82) is 0 Å². The normalized spacial score (nSPS) is 29.4. The Hall–Kier alpha value is -1.38. The van der Waals surface area contributed by atoms with Gasteiger partial charge in [-0.05, 0) is 63.4 Å². The van der Waals surface area contributed by atoms with Gasteiger partial charge in [0.25, 0.3) is 0 Å². The molecule has 2 bridgehead atoms. The zero-order chi connectivity index (χ0) is 18.9. The maximum Gasteiger partial charge on any atom is 0.120 e. The molecule has 1 atom stereocenters. The van der Waals surface area contributed by atoms with Crippen molar-refractivity contribution >= 4 is 0 Å². The summed E-state index contributed by atoms with van der Waals surface area (Å²) >= 11 is 0. The highest BCUT2D eigenvalue weighted by Gasteiger charge is 2.38. The number of hydrogen-bond donors (Lipinski definition) is 1. The van der Waals surface area contributed by atoms with Crippen LogP contribution >= 0.6 is 0 Å². The van der Waals surface area contributed by atoms with Gasteiger partial charge in [-0.1, -0.05) is 24.0 Å². The van der Waals surface area contributed by atoms with E-state index in [2.05, 4.69) is 50.8 Å². The molecule has 27 heavy (non-hydrogen) atoms. The molecular weight excluding hydrogens is 334 g/mol. The highest BCUT2D eigenvalue weighted by Crippen LogP contribution is 2.31. The van der Waals surface area contributed by atoms with Crippen LogP contribution in [-0.2, 0) is 6.54 Å². The van der Waals surface area contributed by atoms with E-state index in [1.807, 2.05) is 0 Å². The smallest absolute Gasteiger partial charge is 0.120 e. The summed E-state index contributed by atoms with van der Waals surface area (Å²) < 4.78 is 0. The molecule has 0 aromatic heterocycles. The second-order valence-electron chi connectivity index (χ2n) is 9.02. The van der Waals surface area contributed by atoms with Gasteiger partial charge >= 0.3 is 0 Å². The first-order chi connectivity index (χ1) is 13.0. The number of benzene rings is 1. The molecule has 4 aliphatic heterocycles. The number of aliphatic hydroxyl groups is 1. The number of piperazine rings is 1. The van der Waals surface area contributed by atoms with Crippen LogP contribution < -0.4 is 0 Å². The summed E-state index contributed by atoms with van der Waals surface area (Å²) in [6.45, 7) is 13.2. The highest BCUT2D eigenvalue weighted by molar-refractivity contribution is 5.37. The summed E-state index contributed by atoms with van der Waals surface area (Å²) in [6, 6.07) is 9.29. The van der Waals surface area contributed by atoms with Crippen LogP contribution in [0, 0.1) is 17.8 Å². The molecule has 0 aliphatic carbocycles. The van der Waals surface area contributed by atoms with Crippen molar-refractivity contribution in [3.05, 3.63) is 35.4 Å². The van der Waals surface area contributed by atoms with Crippen LogP contribution in [0.2, 0.25) is 0 Å². The van der Waals surface area contributed by atoms with E-state index in [1.54, 1.807) is 13.8 Å². The van der Waals surface area contributed by atoms with Crippen molar-refractivity contribution in [2.75, 3.05) is 45.8 Å². The largest absolute Gasteiger partial charge is 0.378 e. The van der Waals surface area contributed by atoms with Crippen molar-refractivity contribution in [1.82, 2.24) is 14.7 Å². The summed E-state index contributed by atoms with van der Waals surface area (Å²) in [7, 11) is 0. The maximum absolute atomic E-state index is 9.71. The molecule has 1 aromatic carbocycles. The van der Waals surface area contributed by atoms with E-state index in [0.29, 0.717) is 0 Å². The monoisotopic (exact) mass is 367 g/mol. The number of nitrogens with zero attached hydrogens (tertiary/aromatic N) is 3. The number of hydrogen-bond acceptors (Lipinski definition) is 4. The van der Waals surface area contributed by atoms with Crippen LogP contribution in [0.4, 0.5) is 0 Å². The first kappa shape index (κ1) is 19.0. The van der Waals surface area contributed by atoms with Crippen LogP contribution in [0.15, 0.2) is 24.3 Å². The first-order valence-electron chi connectivity index (χ1n) is 10.5. The van der Waals surface area contributed by atoms with Gasteiger partial charge in [-0.25, -0.2) is 0 Å². The van der Waals surface area contributed by atoms with Gasteiger partial charge in [-0.3, -0.25) is 9.80 Å². The molecule has 4 saturated heterocycles. The number of piperidine rings is 3. The van der Waals surface area contributed by atoms with Crippen LogP contribution in [0.25, 0.3) is 0 Å². The Labute approximate surface area is 164 Å². The fourth-order valence-corrected chi connectivity index (χ4v) is 4.78. The van der Waals surface area contributed by atoms with E-state index in [0.717, 1.165) is 24.1 Å². The number of rotatable bonds is 3. The average Bonchev–Trinajstić information content (AvgIpc) is 2.68. The van der Waals surface area contributed by atoms with E-state index in [9.17, 15) is 5.11 Å². The fraction of sp³-hybridized carbons (Fsp3) is 0.652. The molecule has 0 spiro atoms. The molecule has 4 fully saturated rings. The standard InChI is InChI=1S/C23H33N3O/c1-23(2,27)10-7-19-3-5-20(6-4-19)17-25-13-15-26(16-14-25)22-18-24-11-8-21(22)9-12-24/h3-6,21-22,27H,8-9,11-18H2,1-2H3/t22-/m1/s1. The molecule has 4 heterocycles. The minimum atomic E-state index is -0.937. The average molecular weight is 368 g/mol. The third-order valence-corrected chi connectivity index (χ3v) is 6.37. The lowest BCUT2D eigenvalue weighted by Crippen LogP contribution is -2.60. The van der Waals surface area contributed by atoms with Gasteiger partial charge in [0.05, 0.1) is 0 Å². The predicted octanol–water partition coefficient (Wildman–Crippen LogP) is 2.02. The lowest BCUT2D eigenvalue weighted by Gasteiger charge is -2.51. The molecule has 0 saturated carbocycles. The second kappa shape index (κ2) is 7.93. The van der Waals surface area contributed by atoms with Gasteiger partial charge < -0.3 is 10.0 Å². The second-order valence-corrected chi connectivity index (χ2v) is 9.02. The molecule has 4 nitrogen and oxygen atoms in total. The van der Waals surface area contributed by atoms with Crippen LogP contribution in [0.5, 0.6) is 0 Å². The molecule has 1 aromatic rings. The molecule has 5 rings (SSSR count). The SMILES string of the molecule is CC(C)(O)C#Cc1ccc(CN2CCN([C@@H]3CN4CCC3CC4)CC2)cc1. The quantitative estimate of drug-likeness (QED) is 0.828. The molecule has 4 heteroatoms. The van der Waals surface area contributed by atoms with Crippen LogP contribution in [0.1, 0.15) is 37.8 Å². The summed E-state index contributed by atoms with van der Waals surface area (Å²) in [4.78, 5) is 8.01. The summed E-state index contributed by atoms with van der Waals surface area (Å²) in [6.07, 6.45) is 2.82. The van der Waals surface area contributed by atoms with E-state index < -0.39 is 5.60 Å². The maximum atomic E-state index is 9.71. The summed E-state index contributed by atoms with van der Waals surface area (Å²) in [5.41, 5.74) is 1.38. The first-order valence-corrected chi connectivity index (χ1v) is 10.5. The third-order valence-electron chi connectivity index (χ3n) is 6.37. The molecule has 4 aliphatic rings. The van der Waals surface area contributed by atoms with Gasteiger partial charge in [-0.2, -0.15) is 0 Å². The van der Waals surface area contributed by atoms with Gasteiger partial charge in [0.15, 0.2) is 0 Å². The van der Waals surface area contributed by atoms with Gasteiger partial charge in [0.1, 0.15) is 5.60 Å². The Morgan fingerprint density at radius 3 is 2.22 bits per heavy atom. The topological polar surface area (TPSA) is 30.0 Å². The van der Waals surface area contributed by atoms with E-state index in [-0.39, 0.29) is 0 Å². The Kier molecular flexibility index (Phi) is 5.57. The van der Waals surface area contributed by atoms with Crippen molar-refractivity contribution < 1.29 is 5.11 Å². The predicted molar refractivity (Wildman–Crippen MR) is 109 cm³/mol. The molecule has 0 amide bonds. The zero-order valence-corrected chi connectivity index (χ0v) is 16.8. The number of fused-ring (bicyclic) bond motifs is 3. The molecule has 0 radical (unpaired) electrons. The fourth-order valence-electron chi connectivity index (χ4n) is 4.78. The lowest BCUT2D eigenvalue weighted by atomic mass is 9.83. The summed E-state index contributed by atoms with van der Waals surface area (Å²) in [5.74, 6) is 6.86. The van der Waals surface area contributed by atoms with Crippen molar-refractivity contribution in [3.63, 3.8) is 0 Å². The van der Waals surface area contributed by atoms with Crippen LogP contribution in [-0.4, -0.2) is 77.3 Å². The minimum Gasteiger partial charge on any atom is -0.378 e. The molecule has 146 valence electrons. The Morgan fingerprint density at radius 2 is 1.67 bits per heavy atom. The summed E-state index contributed by atoms with van der Waals surface area (Å²) in [5, 5.41) is 9.71. The Bertz CT molecular complexity index is 681. The van der Waals surface area contributed by atoms with Crippen molar-refractivity contribution in [2.45, 2.75) is 44.9 Å². The van der Waals surface area contributed by atoms with E-state index >= 15 is 0 Å². The molecular formula is C23H33N3O. The molecule has 0 unspecified atom stereocenters. The lowest BCUT2D eigenvalue weighted by molar-refractivity contribution is -0.0162. The zero-order valence-electron chi connectivity index (χ0n) is 16.8. The third kappa shape index (κ3) is 4.92.